The van der Waals surface area contributed by atoms with Gasteiger partial charge < -0.3 is 14.8 Å². The maximum absolute atomic E-state index is 13.4. The lowest BCUT2D eigenvalue weighted by atomic mass is 10.2. The largest absolute Gasteiger partial charge is 0.352 e. The van der Waals surface area contributed by atoms with Crippen molar-refractivity contribution in [2.24, 2.45) is 0 Å². The third kappa shape index (κ3) is 5.61. The first-order chi connectivity index (χ1) is 15.0. The molecule has 0 aliphatic rings. The number of aromatic nitrogens is 3. The highest BCUT2D eigenvalue weighted by Crippen LogP contribution is 2.23. The maximum atomic E-state index is 13.4. The third-order valence-electron chi connectivity index (χ3n) is 5.20. The van der Waals surface area contributed by atoms with Gasteiger partial charge in [0.1, 0.15) is 11.4 Å². The highest BCUT2D eigenvalue weighted by molar-refractivity contribution is 5.98. The summed E-state index contributed by atoms with van der Waals surface area (Å²) in [6.07, 6.45) is 6.92. The monoisotopic (exact) mass is 425 g/mol. The van der Waals surface area contributed by atoms with Crippen LogP contribution in [-0.2, 0) is 0 Å². The number of hydrogen-bond donors (Lipinski definition) is 1. The summed E-state index contributed by atoms with van der Waals surface area (Å²) in [5.41, 5.74) is 1.85. The van der Waals surface area contributed by atoms with E-state index >= 15 is 0 Å². The minimum atomic E-state index is -0.312. The SMILES string of the molecule is CCCN(CCC)CCCNC(=O)c1c(C)nn(-c2ccc(F)cc2)c1-n1cccc1. The Morgan fingerprint density at radius 2 is 1.71 bits per heavy atom. The Labute approximate surface area is 183 Å². The molecule has 0 saturated carbocycles. The van der Waals surface area contributed by atoms with Gasteiger partial charge in [0.25, 0.3) is 5.91 Å². The molecule has 0 radical (unpaired) electrons. The fraction of sp³-hybridized carbons (Fsp3) is 0.417. The van der Waals surface area contributed by atoms with E-state index in [0.29, 0.717) is 29.3 Å². The molecule has 1 aromatic carbocycles. The molecule has 0 fully saturated rings. The van der Waals surface area contributed by atoms with Gasteiger partial charge in [0.05, 0.1) is 11.4 Å². The van der Waals surface area contributed by atoms with Crippen LogP contribution in [0.15, 0.2) is 48.8 Å². The van der Waals surface area contributed by atoms with Crippen LogP contribution in [-0.4, -0.2) is 51.3 Å². The molecule has 0 spiro atoms. The van der Waals surface area contributed by atoms with E-state index in [1.807, 2.05) is 36.0 Å². The summed E-state index contributed by atoms with van der Waals surface area (Å²) in [5.74, 6) is 0.186. The summed E-state index contributed by atoms with van der Waals surface area (Å²) < 4.78 is 17.0. The van der Waals surface area contributed by atoms with Gasteiger partial charge in [-0.2, -0.15) is 5.10 Å². The van der Waals surface area contributed by atoms with Crippen molar-refractivity contribution in [3.8, 4) is 11.5 Å². The number of carbonyl (C=O) groups excluding carboxylic acids is 1. The first-order valence-electron chi connectivity index (χ1n) is 11.0. The molecule has 7 heteroatoms. The minimum absolute atomic E-state index is 0.146. The van der Waals surface area contributed by atoms with Crippen LogP contribution in [0.2, 0.25) is 0 Å². The van der Waals surface area contributed by atoms with Crippen molar-refractivity contribution < 1.29 is 9.18 Å². The molecule has 3 aromatic rings. The Morgan fingerprint density at radius 1 is 1.06 bits per heavy atom. The first-order valence-corrected chi connectivity index (χ1v) is 11.0. The van der Waals surface area contributed by atoms with E-state index in [4.69, 9.17) is 0 Å². The number of amides is 1. The molecule has 2 heterocycles. The standard InChI is InChI=1S/C24H32FN5O/c1-4-14-28(15-5-2)16-8-13-26-23(31)22-19(3)27-30(21-11-9-20(25)10-12-21)24(22)29-17-6-7-18-29/h6-7,9-12,17-18H,4-5,8,13-16H2,1-3H3,(H,26,31). The van der Waals surface area contributed by atoms with Crippen LogP contribution in [0, 0.1) is 12.7 Å². The molecule has 0 atom stereocenters. The molecule has 0 aliphatic heterocycles. The average Bonchev–Trinajstić information content (AvgIpc) is 3.39. The molecule has 0 unspecified atom stereocenters. The van der Waals surface area contributed by atoms with Gasteiger partial charge in [0.2, 0.25) is 0 Å². The van der Waals surface area contributed by atoms with Gasteiger partial charge in [-0.3, -0.25) is 4.79 Å². The van der Waals surface area contributed by atoms with Crippen LogP contribution in [0.3, 0.4) is 0 Å². The maximum Gasteiger partial charge on any atom is 0.256 e. The summed E-state index contributed by atoms with van der Waals surface area (Å²) >= 11 is 0. The Bertz CT molecular complexity index is 957. The lowest BCUT2D eigenvalue weighted by molar-refractivity contribution is 0.0951. The number of halogens is 1. The predicted molar refractivity (Wildman–Crippen MR) is 122 cm³/mol. The molecule has 2 aromatic heterocycles. The van der Waals surface area contributed by atoms with Gasteiger partial charge >= 0.3 is 0 Å². The summed E-state index contributed by atoms with van der Waals surface area (Å²) in [6, 6.07) is 9.90. The van der Waals surface area contributed by atoms with Crippen molar-refractivity contribution in [3.63, 3.8) is 0 Å². The zero-order chi connectivity index (χ0) is 22.2. The first kappa shape index (κ1) is 22.7. The van der Waals surface area contributed by atoms with Gasteiger partial charge in [-0.15, -0.1) is 0 Å². The molecule has 31 heavy (non-hydrogen) atoms. The van der Waals surface area contributed by atoms with Crippen LogP contribution >= 0.6 is 0 Å². The number of nitrogens with one attached hydrogen (secondary N) is 1. The van der Waals surface area contributed by atoms with Crippen LogP contribution in [0.1, 0.15) is 49.2 Å². The molecular formula is C24H32FN5O. The normalized spacial score (nSPS) is 11.3. The summed E-state index contributed by atoms with van der Waals surface area (Å²) in [6.45, 7) is 9.96. The molecule has 0 bridgehead atoms. The van der Waals surface area contributed by atoms with E-state index in [1.54, 1.807) is 16.8 Å². The zero-order valence-corrected chi connectivity index (χ0v) is 18.6. The Kier molecular flexibility index (Phi) is 8.00. The molecule has 166 valence electrons. The van der Waals surface area contributed by atoms with E-state index in [9.17, 15) is 9.18 Å². The van der Waals surface area contributed by atoms with Crippen molar-refractivity contribution in [2.45, 2.75) is 40.0 Å². The van der Waals surface area contributed by atoms with Gasteiger partial charge in [0.15, 0.2) is 5.82 Å². The quantitative estimate of drug-likeness (QED) is 0.465. The van der Waals surface area contributed by atoms with Crippen LogP contribution in [0.5, 0.6) is 0 Å². The molecule has 3 rings (SSSR count). The minimum Gasteiger partial charge on any atom is -0.352 e. The van der Waals surface area contributed by atoms with Crippen molar-refractivity contribution >= 4 is 5.91 Å². The highest BCUT2D eigenvalue weighted by Gasteiger charge is 2.23. The second-order valence-electron chi connectivity index (χ2n) is 7.71. The van der Waals surface area contributed by atoms with Crippen molar-refractivity contribution in [2.75, 3.05) is 26.2 Å². The van der Waals surface area contributed by atoms with E-state index in [1.165, 1.54) is 12.1 Å². The Hall–Kier alpha value is -2.93. The lowest BCUT2D eigenvalue weighted by Gasteiger charge is -2.20. The van der Waals surface area contributed by atoms with Gasteiger partial charge in [-0.05, 0) is 82.2 Å². The van der Waals surface area contributed by atoms with Crippen molar-refractivity contribution in [1.29, 1.82) is 0 Å². The molecule has 1 amide bonds. The highest BCUT2D eigenvalue weighted by atomic mass is 19.1. The topological polar surface area (TPSA) is 55.1 Å². The number of carbonyl (C=O) groups is 1. The molecule has 0 saturated heterocycles. The van der Waals surface area contributed by atoms with Crippen molar-refractivity contribution in [1.82, 2.24) is 24.6 Å². The van der Waals surface area contributed by atoms with Gasteiger partial charge in [-0.1, -0.05) is 13.8 Å². The number of rotatable bonds is 11. The Morgan fingerprint density at radius 3 is 2.32 bits per heavy atom. The van der Waals surface area contributed by atoms with E-state index < -0.39 is 0 Å². The van der Waals surface area contributed by atoms with Crippen LogP contribution in [0.25, 0.3) is 11.5 Å². The fourth-order valence-corrected chi connectivity index (χ4v) is 3.82. The predicted octanol–water partition coefficient (Wildman–Crippen LogP) is 4.35. The number of benzene rings is 1. The lowest BCUT2D eigenvalue weighted by Crippen LogP contribution is -2.31. The molecule has 6 nitrogen and oxygen atoms in total. The van der Waals surface area contributed by atoms with Crippen LogP contribution in [0.4, 0.5) is 4.39 Å². The average molecular weight is 426 g/mol. The molecular weight excluding hydrogens is 393 g/mol. The zero-order valence-electron chi connectivity index (χ0n) is 18.6. The third-order valence-corrected chi connectivity index (χ3v) is 5.20. The van der Waals surface area contributed by atoms with E-state index in [-0.39, 0.29) is 11.7 Å². The number of nitrogens with zero attached hydrogens (tertiary/aromatic N) is 4. The van der Waals surface area contributed by atoms with E-state index in [0.717, 1.165) is 38.9 Å². The molecule has 1 N–H and O–H groups in total. The summed E-state index contributed by atoms with van der Waals surface area (Å²) in [7, 11) is 0. The summed E-state index contributed by atoms with van der Waals surface area (Å²) in [4.78, 5) is 15.6. The van der Waals surface area contributed by atoms with Gasteiger partial charge in [0, 0.05) is 18.9 Å². The van der Waals surface area contributed by atoms with Crippen molar-refractivity contribution in [3.05, 3.63) is 65.9 Å². The van der Waals surface area contributed by atoms with E-state index in [2.05, 4.69) is 29.2 Å². The second kappa shape index (κ2) is 10.9. The fourth-order valence-electron chi connectivity index (χ4n) is 3.82. The van der Waals surface area contributed by atoms with Crippen LogP contribution < -0.4 is 5.32 Å². The number of hydrogen-bond acceptors (Lipinski definition) is 3. The summed E-state index contributed by atoms with van der Waals surface area (Å²) in [5, 5.41) is 7.66. The smallest absolute Gasteiger partial charge is 0.256 e. The Balaban J connectivity index is 1.79. The van der Waals surface area contributed by atoms with Gasteiger partial charge in [-0.25, -0.2) is 9.07 Å². The second-order valence-corrected chi connectivity index (χ2v) is 7.71. The molecule has 0 aliphatic carbocycles. The number of aryl methyl sites for hydroxylation is 1.